The summed E-state index contributed by atoms with van der Waals surface area (Å²) in [4.78, 5) is 40.3. The minimum atomic E-state index is -1.31. The SMILES string of the molecule is CCOC(=O)CCC(=O)O.O=c1ccn2c(n1)C(O)N=C(c1ccccc1Cl)c1cc(Cl)ccc1-2. The molecule has 2 N–H and O–H groups in total. The molecule has 182 valence electrons. The zero-order chi connectivity index (χ0) is 25.5. The lowest BCUT2D eigenvalue weighted by molar-refractivity contribution is -0.147. The zero-order valence-corrected chi connectivity index (χ0v) is 20.0. The van der Waals surface area contributed by atoms with Gasteiger partial charge in [-0.15, -0.1) is 0 Å². The Bertz CT molecular complexity index is 1340. The van der Waals surface area contributed by atoms with Crippen LogP contribution < -0.4 is 5.56 Å². The standard InChI is InChI=1S/C18H11Cl2N3O2.C6H10O4/c19-10-5-6-14-12(9-10)16(11-3-1-2-4-13(11)20)22-18(25)17-21-15(24)7-8-23(14)17;1-2-10-6(9)4-3-5(7)8/h1-9,18,25H;2-4H2,1H3,(H,7,8). The third kappa shape index (κ3) is 6.54. The number of aliphatic hydroxyl groups is 1. The van der Waals surface area contributed by atoms with Crippen LogP contribution in [0.2, 0.25) is 10.0 Å². The first-order chi connectivity index (χ1) is 16.7. The van der Waals surface area contributed by atoms with Crippen molar-refractivity contribution in [1.29, 1.82) is 0 Å². The quantitative estimate of drug-likeness (QED) is 0.492. The van der Waals surface area contributed by atoms with Crippen molar-refractivity contribution in [3.8, 4) is 5.69 Å². The molecule has 0 bridgehead atoms. The molecule has 0 radical (unpaired) electrons. The molecule has 1 aromatic heterocycles. The van der Waals surface area contributed by atoms with E-state index in [2.05, 4.69) is 14.7 Å². The maximum atomic E-state index is 11.6. The van der Waals surface area contributed by atoms with Gasteiger partial charge in [-0.05, 0) is 31.2 Å². The number of nitrogens with zero attached hydrogens (tertiary/aromatic N) is 3. The molecule has 0 fully saturated rings. The van der Waals surface area contributed by atoms with Crippen LogP contribution in [0.15, 0.2) is 64.5 Å². The fourth-order valence-electron chi connectivity index (χ4n) is 3.27. The van der Waals surface area contributed by atoms with Crippen LogP contribution in [0.1, 0.15) is 42.9 Å². The molecule has 0 amide bonds. The van der Waals surface area contributed by atoms with E-state index in [1.54, 1.807) is 42.0 Å². The van der Waals surface area contributed by atoms with Crippen molar-refractivity contribution in [2.24, 2.45) is 4.99 Å². The monoisotopic (exact) mass is 517 g/mol. The number of fused-ring (bicyclic) bond motifs is 3. The summed E-state index contributed by atoms with van der Waals surface area (Å²) in [6.45, 7) is 1.98. The van der Waals surface area contributed by atoms with Gasteiger partial charge in [-0.25, -0.2) is 4.99 Å². The van der Waals surface area contributed by atoms with Crippen molar-refractivity contribution < 1.29 is 24.5 Å². The van der Waals surface area contributed by atoms with Crippen LogP contribution >= 0.6 is 23.2 Å². The molecule has 2 heterocycles. The van der Waals surface area contributed by atoms with E-state index >= 15 is 0 Å². The Morgan fingerprint density at radius 3 is 2.51 bits per heavy atom. The molecule has 0 saturated heterocycles. The summed E-state index contributed by atoms with van der Waals surface area (Å²) in [6.07, 6.45) is 0.0552. The highest BCUT2D eigenvalue weighted by Gasteiger charge is 2.25. The average molecular weight is 518 g/mol. The number of aliphatic carboxylic acids is 1. The molecule has 0 saturated carbocycles. The summed E-state index contributed by atoms with van der Waals surface area (Å²) in [5, 5.41) is 19.7. The molecule has 3 aromatic rings. The fraction of sp³-hybridized carbons (Fsp3) is 0.208. The first-order valence-electron chi connectivity index (χ1n) is 10.5. The van der Waals surface area contributed by atoms with Crippen LogP contribution in [0.25, 0.3) is 5.69 Å². The predicted octanol–water partition coefficient (Wildman–Crippen LogP) is 3.80. The Kier molecular flexibility index (Phi) is 8.75. The van der Waals surface area contributed by atoms with Crippen molar-refractivity contribution >= 4 is 40.9 Å². The summed E-state index contributed by atoms with van der Waals surface area (Å²) >= 11 is 12.5. The van der Waals surface area contributed by atoms with Gasteiger partial charge in [0.25, 0.3) is 5.56 Å². The molecule has 11 heteroatoms. The van der Waals surface area contributed by atoms with Gasteiger partial charge in [0.15, 0.2) is 5.82 Å². The highest BCUT2D eigenvalue weighted by atomic mass is 35.5. The number of carbonyl (C=O) groups is 2. The number of carboxylic acid groups (broad SMARTS) is 1. The Labute approximate surface area is 210 Å². The average Bonchev–Trinajstić information content (AvgIpc) is 2.93. The smallest absolute Gasteiger partial charge is 0.306 e. The summed E-state index contributed by atoms with van der Waals surface area (Å²) in [6, 6.07) is 13.8. The normalized spacial score (nSPS) is 13.8. The summed E-state index contributed by atoms with van der Waals surface area (Å²) in [7, 11) is 0. The molecular weight excluding hydrogens is 497 g/mol. The van der Waals surface area contributed by atoms with Gasteiger partial charge in [-0.1, -0.05) is 41.4 Å². The van der Waals surface area contributed by atoms with Crippen molar-refractivity contribution in [2.45, 2.75) is 26.0 Å². The van der Waals surface area contributed by atoms with Gasteiger partial charge in [-0.3, -0.25) is 14.4 Å². The number of ether oxygens (including phenoxy) is 1. The van der Waals surface area contributed by atoms with E-state index in [-0.39, 0.29) is 18.7 Å². The van der Waals surface area contributed by atoms with Crippen LogP contribution in [0, 0.1) is 0 Å². The Balaban J connectivity index is 0.000000292. The van der Waals surface area contributed by atoms with Gasteiger partial charge < -0.3 is 19.5 Å². The number of esters is 1. The summed E-state index contributed by atoms with van der Waals surface area (Å²) < 4.78 is 6.12. The predicted molar refractivity (Wildman–Crippen MR) is 130 cm³/mol. The van der Waals surface area contributed by atoms with Crippen LogP contribution in [-0.4, -0.2) is 44.0 Å². The lowest BCUT2D eigenvalue weighted by Gasteiger charge is -2.14. The molecular formula is C24H21Cl2N3O6. The first-order valence-corrected chi connectivity index (χ1v) is 11.2. The maximum absolute atomic E-state index is 11.6. The third-order valence-electron chi connectivity index (χ3n) is 4.77. The zero-order valence-electron chi connectivity index (χ0n) is 18.5. The molecule has 2 aromatic carbocycles. The molecule has 1 atom stereocenters. The summed E-state index contributed by atoms with van der Waals surface area (Å²) in [5.41, 5.74) is 2.07. The van der Waals surface area contributed by atoms with E-state index < -0.39 is 23.7 Å². The number of carbonyl (C=O) groups excluding carboxylic acids is 1. The molecule has 0 aliphatic carbocycles. The highest BCUT2D eigenvalue weighted by Crippen LogP contribution is 2.31. The molecule has 0 spiro atoms. The lowest BCUT2D eigenvalue weighted by Crippen LogP contribution is -2.17. The van der Waals surface area contributed by atoms with E-state index in [1.165, 1.54) is 6.07 Å². The molecule has 1 aliphatic heterocycles. The van der Waals surface area contributed by atoms with Gasteiger partial charge in [0.05, 0.1) is 30.8 Å². The van der Waals surface area contributed by atoms with Crippen LogP contribution in [0.5, 0.6) is 0 Å². The number of carboxylic acids is 1. The number of hydrogen-bond donors (Lipinski definition) is 2. The van der Waals surface area contributed by atoms with E-state index in [9.17, 15) is 19.5 Å². The number of benzene rings is 2. The Morgan fingerprint density at radius 1 is 1.09 bits per heavy atom. The number of hydrogen-bond acceptors (Lipinski definition) is 7. The summed E-state index contributed by atoms with van der Waals surface area (Å²) in [5.74, 6) is -1.30. The Hall–Kier alpha value is -3.53. The van der Waals surface area contributed by atoms with Crippen molar-refractivity contribution in [2.75, 3.05) is 6.61 Å². The molecule has 9 nitrogen and oxygen atoms in total. The van der Waals surface area contributed by atoms with Gasteiger partial charge in [-0.2, -0.15) is 4.98 Å². The van der Waals surface area contributed by atoms with E-state index in [1.807, 2.05) is 18.2 Å². The third-order valence-corrected chi connectivity index (χ3v) is 5.34. The van der Waals surface area contributed by atoms with Crippen molar-refractivity contribution in [3.05, 3.63) is 92.1 Å². The Morgan fingerprint density at radius 2 is 1.83 bits per heavy atom. The van der Waals surface area contributed by atoms with Gasteiger partial charge in [0, 0.05) is 33.4 Å². The number of aliphatic hydroxyl groups excluding tert-OH is 1. The van der Waals surface area contributed by atoms with E-state index in [0.29, 0.717) is 39.2 Å². The van der Waals surface area contributed by atoms with Crippen molar-refractivity contribution in [3.63, 3.8) is 0 Å². The topological polar surface area (TPSA) is 131 Å². The molecule has 1 unspecified atom stereocenters. The first kappa shape index (κ1) is 26.1. The molecule has 35 heavy (non-hydrogen) atoms. The van der Waals surface area contributed by atoms with E-state index in [0.717, 1.165) is 0 Å². The lowest BCUT2D eigenvalue weighted by atomic mass is 10.0. The largest absolute Gasteiger partial charge is 0.481 e. The van der Waals surface area contributed by atoms with Crippen molar-refractivity contribution in [1.82, 2.24) is 9.55 Å². The van der Waals surface area contributed by atoms with E-state index in [4.69, 9.17) is 28.3 Å². The maximum Gasteiger partial charge on any atom is 0.306 e. The highest BCUT2D eigenvalue weighted by molar-refractivity contribution is 6.36. The van der Waals surface area contributed by atoms with Gasteiger partial charge in [0.1, 0.15) is 0 Å². The second-order valence-electron chi connectivity index (χ2n) is 7.19. The number of aromatic nitrogens is 2. The molecule has 4 rings (SSSR count). The molecule has 1 aliphatic rings. The van der Waals surface area contributed by atoms with Crippen LogP contribution in [0.4, 0.5) is 0 Å². The van der Waals surface area contributed by atoms with Gasteiger partial charge in [0.2, 0.25) is 6.23 Å². The minimum absolute atomic E-state index is 0.0385. The number of halogens is 2. The minimum Gasteiger partial charge on any atom is -0.481 e. The number of aliphatic imine (C=N–C) groups is 1. The van der Waals surface area contributed by atoms with Crippen LogP contribution in [0.3, 0.4) is 0 Å². The van der Waals surface area contributed by atoms with Crippen LogP contribution in [-0.2, 0) is 14.3 Å². The second-order valence-corrected chi connectivity index (χ2v) is 8.03. The number of rotatable bonds is 5. The fourth-order valence-corrected chi connectivity index (χ4v) is 3.67. The second kappa shape index (κ2) is 11.7. The van der Waals surface area contributed by atoms with Gasteiger partial charge >= 0.3 is 11.9 Å².